The van der Waals surface area contributed by atoms with Gasteiger partial charge in [0, 0.05) is 29.8 Å². The van der Waals surface area contributed by atoms with Gasteiger partial charge in [-0.3, -0.25) is 14.6 Å². The first kappa shape index (κ1) is 20.2. The van der Waals surface area contributed by atoms with Crippen LogP contribution in [0.15, 0.2) is 27.8 Å². The number of aromatic amines is 2. The van der Waals surface area contributed by atoms with Crippen molar-refractivity contribution < 1.29 is 19.4 Å². The third-order valence-electron chi connectivity index (χ3n) is 4.15. The van der Waals surface area contributed by atoms with Gasteiger partial charge in [0.15, 0.2) is 0 Å². The second-order valence-corrected chi connectivity index (χ2v) is 5.94. The van der Waals surface area contributed by atoms with Crippen LogP contribution in [0.1, 0.15) is 29.3 Å². The van der Waals surface area contributed by atoms with Gasteiger partial charge in [0.1, 0.15) is 11.5 Å². The van der Waals surface area contributed by atoms with Crippen molar-refractivity contribution in [2.45, 2.75) is 25.9 Å². The van der Waals surface area contributed by atoms with Crippen molar-refractivity contribution in [1.29, 1.82) is 0 Å². The van der Waals surface area contributed by atoms with Gasteiger partial charge < -0.3 is 24.9 Å². The molecule has 9 nitrogen and oxygen atoms in total. The minimum Gasteiger partial charge on any atom is -0.497 e. The van der Waals surface area contributed by atoms with Gasteiger partial charge in [0.25, 0.3) is 5.56 Å². The largest absolute Gasteiger partial charge is 0.497 e. The zero-order valence-electron chi connectivity index (χ0n) is 15.4. The number of ether oxygens (including phenoxy) is 2. The van der Waals surface area contributed by atoms with E-state index in [-0.39, 0.29) is 25.3 Å². The predicted molar refractivity (Wildman–Crippen MR) is 98.3 cm³/mol. The van der Waals surface area contributed by atoms with E-state index < -0.39 is 17.4 Å². The van der Waals surface area contributed by atoms with Crippen LogP contribution in [-0.2, 0) is 11.2 Å². The Labute approximate surface area is 155 Å². The number of aliphatic hydroxyl groups excluding tert-OH is 1. The van der Waals surface area contributed by atoms with Crippen molar-refractivity contribution in [3.63, 3.8) is 0 Å². The van der Waals surface area contributed by atoms with Crippen molar-refractivity contribution in [3.8, 4) is 11.5 Å². The third-order valence-corrected chi connectivity index (χ3v) is 4.15. The third kappa shape index (κ3) is 5.20. The molecule has 2 rings (SSSR count). The zero-order chi connectivity index (χ0) is 20.0. The van der Waals surface area contributed by atoms with Crippen LogP contribution in [0.2, 0.25) is 0 Å². The Kier molecular flexibility index (Phi) is 6.78. The number of carbonyl (C=O) groups excluding carboxylic acids is 1. The topological polar surface area (TPSA) is 134 Å². The van der Waals surface area contributed by atoms with E-state index in [9.17, 15) is 19.5 Å². The molecule has 0 saturated carbocycles. The molecule has 2 aromatic rings. The highest BCUT2D eigenvalue weighted by Crippen LogP contribution is 2.29. The fourth-order valence-corrected chi connectivity index (χ4v) is 2.67. The average Bonchev–Trinajstić information content (AvgIpc) is 2.64. The lowest BCUT2D eigenvalue weighted by Crippen LogP contribution is -2.31. The van der Waals surface area contributed by atoms with E-state index in [1.54, 1.807) is 25.1 Å². The van der Waals surface area contributed by atoms with Crippen LogP contribution in [0.4, 0.5) is 0 Å². The van der Waals surface area contributed by atoms with Crippen molar-refractivity contribution in [2.24, 2.45) is 0 Å². The van der Waals surface area contributed by atoms with Crippen molar-refractivity contribution in [3.05, 3.63) is 55.9 Å². The molecule has 1 aromatic carbocycles. The van der Waals surface area contributed by atoms with E-state index in [4.69, 9.17) is 9.47 Å². The molecule has 1 heterocycles. The number of aliphatic hydroxyl groups is 1. The molecule has 1 unspecified atom stereocenters. The monoisotopic (exact) mass is 377 g/mol. The Hall–Kier alpha value is -3.07. The van der Waals surface area contributed by atoms with Gasteiger partial charge in [-0.1, -0.05) is 0 Å². The molecule has 0 saturated heterocycles. The fourth-order valence-electron chi connectivity index (χ4n) is 2.67. The predicted octanol–water partition coefficient (Wildman–Crippen LogP) is 0.171. The summed E-state index contributed by atoms with van der Waals surface area (Å²) in [7, 11) is 3.00. The Morgan fingerprint density at radius 2 is 1.96 bits per heavy atom. The summed E-state index contributed by atoms with van der Waals surface area (Å²) in [5.74, 6) is 0.706. The summed E-state index contributed by atoms with van der Waals surface area (Å²) in [4.78, 5) is 39.6. The van der Waals surface area contributed by atoms with Crippen LogP contribution in [0.3, 0.4) is 0 Å². The van der Waals surface area contributed by atoms with E-state index in [2.05, 4.69) is 15.3 Å². The molecular formula is C18H23N3O6. The maximum Gasteiger partial charge on any atom is 0.325 e. The van der Waals surface area contributed by atoms with Crippen molar-refractivity contribution in [2.75, 3.05) is 20.8 Å². The van der Waals surface area contributed by atoms with E-state index in [1.165, 1.54) is 14.2 Å². The number of hydrogen-bond acceptors (Lipinski definition) is 6. The molecule has 0 fully saturated rings. The molecule has 1 atom stereocenters. The first-order chi connectivity index (χ1) is 12.8. The Morgan fingerprint density at radius 1 is 1.22 bits per heavy atom. The highest BCUT2D eigenvalue weighted by Gasteiger charge is 2.16. The smallest absolute Gasteiger partial charge is 0.325 e. The number of amides is 1. The summed E-state index contributed by atoms with van der Waals surface area (Å²) in [5.41, 5.74) is 0.175. The highest BCUT2D eigenvalue weighted by molar-refractivity contribution is 5.76. The number of H-pyrrole nitrogens is 2. The number of aromatic nitrogens is 2. The van der Waals surface area contributed by atoms with E-state index in [1.807, 2.05) is 0 Å². The van der Waals surface area contributed by atoms with Crippen LogP contribution in [0.5, 0.6) is 11.5 Å². The number of rotatable bonds is 8. The Bertz CT molecular complexity index is 918. The molecular weight excluding hydrogens is 354 g/mol. The number of methoxy groups -OCH3 is 2. The minimum absolute atomic E-state index is 0.0245. The number of hydrogen-bond donors (Lipinski definition) is 4. The summed E-state index contributed by atoms with van der Waals surface area (Å²) in [6, 6.07) is 5.01. The fraction of sp³-hybridized carbons (Fsp3) is 0.389. The van der Waals surface area contributed by atoms with Crippen LogP contribution in [0.25, 0.3) is 0 Å². The first-order valence-corrected chi connectivity index (χ1v) is 8.34. The van der Waals surface area contributed by atoms with E-state index in [0.717, 1.165) is 0 Å². The molecule has 0 aliphatic heterocycles. The van der Waals surface area contributed by atoms with Crippen LogP contribution in [0, 0.1) is 6.92 Å². The highest BCUT2D eigenvalue weighted by atomic mass is 16.5. The standard InChI is InChI=1S/C18H23N3O6/c1-10-12(17(24)21-18(25)20-10)5-7-16(23)19-9-14(22)13-8-11(26-2)4-6-15(13)27-3/h4,6,8,14,22H,5,7,9H2,1-3H3,(H,19,23)(H2,20,21,24,25). The summed E-state index contributed by atoms with van der Waals surface area (Å²) in [6.07, 6.45) is -0.780. The van der Waals surface area contributed by atoms with E-state index >= 15 is 0 Å². The summed E-state index contributed by atoms with van der Waals surface area (Å²) in [5, 5.41) is 13.0. The van der Waals surface area contributed by atoms with Crippen LogP contribution in [-0.4, -0.2) is 41.7 Å². The summed E-state index contributed by atoms with van der Waals surface area (Å²) >= 11 is 0. The molecule has 0 aliphatic rings. The molecule has 0 aliphatic carbocycles. The van der Waals surface area contributed by atoms with Gasteiger partial charge in [-0.05, 0) is 31.5 Å². The number of aryl methyl sites for hydroxylation is 1. The maximum absolute atomic E-state index is 12.1. The first-order valence-electron chi connectivity index (χ1n) is 8.34. The average molecular weight is 377 g/mol. The molecule has 0 radical (unpaired) electrons. The summed E-state index contributed by atoms with van der Waals surface area (Å²) in [6.45, 7) is 1.58. The lowest BCUT2D eigenvalue weighted by molar-refractivity contribution is -0.121. The summed E-state index contributed by atoms with van der Waals surface area (Å²) < 4.78 is 10.4. The van der Waals surface area contributed by atoms with Crippen LogP contribution < -0.4 is 26.0 Å². The van der Waals surface area contributed by atoms with E-state index in [0.29, 0.717) is 28.3 Å². The quantitative estimate of drug-likeness (QED) is 0.518. The number of carbonyl (C=O) groups is 1. The zero-order valence-corrected chi connectivity index (χ0v) is 15.4. The normalized spacial score (nSPS) is 11.7. The number of benzene rings is 1. The lowest BCUT2D eigenvalue weighted by atomic mass is 10.1. The molecule has 146 valence electrons. The van der Waals surface area contributed by atoms with Gasteiger partial charge in [0.05, 0.1) is 20.3 Å². The molecule has 9 heteroatoms. The SMILES string of the molecule is COc1ccc(OC)c(C(O)CNC(=O)CCc2c(C)[nH]c(=O)[nH]c2=O)c1. The van der Waals surface area contributed by atoms with Gasteiger partial charge in [-0.2, -0.15) is 0 Å². The van der Waals surface area contributed by atoms with Crippen LogP contribution >= 0.6 is 0 Å². The van der Waals surface area contributed by atoms with Crippen molar-refractivity contribution in [1.82, 2.24) is 15.3 Å². The Balaban J connectivity index is 1.96. The van der Waals surface area contributed by atoms with Gasteiger partial charge in [0.2, 0.25) is 5.91 Å². The van der Waals surface area contributed by atoms with Crippen molar-refractivity contribution >= 4 is 5.91 Å². The Morgan fingerprint density at radius 3 is 2.59 bits per heavy atom. The molecule has 0 spiro atoms. The molecule has 27 heavy (non-hydrogen) atoms. The minimum atomic E-state index is -0.989. The number of nitrogens with one attached hydrogen (secondary N) is 3. The van der Waals surface area contributed by atoms with Gasteiger partial charge in [-0.15, -0.1) is 0 Å². The maximum atomic E-state index is 12.1. The molecule has 1 amide bonds. The van der Waals surface area contributed by atoms with Gasteiger partial charge >= 0.3 is 5.69 Å². The second-order valence-electron chi connectivity index (χ2n) is 5.94. The lowest BCUT2D eigenvalue weighted by Gasteiger charge is -2.16. The molecule has 1 aromatic heterocycles. The molecule has 0 bridgehead atoms. The second kappa shape index (κ2) is 9.04. The van der Waals surface area contributed by atoms with Gasteiger partial charge in [-0.25, -0.2) is 4.79 Å². The molecule has 4 N–H and O–H groups in total.